The Balaban J connectivity index is 0.00000560. The van der Waals surface area contributed by atoms with E-state index < -0.39 is 36.3 Å². The molecule has 12 heteroatoms. The molecule has 0 spiro atoms. The largest absolute Gasteiger partial charge is 1.00 e. The van der Waals surface area contributed by atoms with Crippen LogP contribution in [0.4, 0.5) is 4.39 Å². The van der Waals surface area contributed by atoms with Crippen LogP contribution in [0.3, 0.4) is 0 Å². The number of rotatable bonds is 14. The zero-order valence-corrected chi connectivity index (χ0v) is 25.1. The van der Waals surface area contributed by atoms with Crippen molar-refractivity contribution in [2.24, 2.45) is 0 Å². The summed E-state index contributed by atoms with van der Waals surface area (Å²) < 4.78 is 26.3. The van der Waals surface area contributed by atoms with Gasteiger partial charge in [-0.1, -0.05) is 32.0 Å². The van der Waals surface area contributed by atoms with E-state index in [1.807, 2.05) is 32.0 Å². The molecule has 3 aromatic rings. The first-order chi connectivity index (χ1) is 18.6. The van der Waals surface area contributed by atoms with Crippen molar-refractivity contribution >= 4 is 11.9 Å². The molecular formula is C28H33FN3NaO7. The smallest absolute Gasteiger partial charge is 0.550 e. The minimum Gasteiger partial charge on any atom is -0.550 e. The van der Waals surface area contributed by atoms with Crippen LogP contribution >= 0.6 is 0 Å². The molecule has 1 heterocycles. The Morgan fingerprint density at radius 3 is 2.42 bits per heavy atom. The third kappa shape index (κ3) is 8.77. The van der Waals surface area contributed by atoms with E-state index in [1.54, 1.807) is 13.2 Å². The van der Waals surface area contributed by atoms with Gasteiger partial charge in [-0.15, -0.1) is 0 Å². The predicted octanol–water partition coefficient (Wildman–Crippen LogP) is -0.902. The van der Waals surface area contributed by atoms with Gasteiger partial charge >= 0.3 is 29.6 Å². The van der Waals surface area contributed by atoms with E-state index in [-0.39, 0.29) is 66.6 Å². The molecule has 0 aliphatic carbocycles. The molecule has 0 radical (unpaired) electrons. The number of aliphatic hydroxyl groups excluding tert-OH is 2. The molecule has 10 nitrogen and oxygen atoms in total. The van der Waals surface area contributed by atoms with Gasteiger partial charge in [0.05, 0.1) is 30.6 Å². The van der Waals surface area contributed by atoms with Crippen molar-refractivity contribution < 1.29 is 68.3 Å². The fourth-order valence-electron chi connectivity index (χ4n) is 4.07. The van der Waals surface area contributed by atoms with Gasteiger partial charge in [-0.3, -0.25) is 4.79 Å². The number of hydrogen-bond acceptors (Lipinski definition) is 8. The molecular weight excluding hydrogens is 532 g/mol. The number of halogens is 1. The van der Waals surface area contributed by atoms with Gasteiger partial charge in [0.2, 0.25) is 5.88 Å². The zero-order valence-electron chi connectivity index (χ0n) is 23.1. The Labute approximate surface area is 254 Å². The molecule has 0 aliphatic heterocycles. The van der Waals surface area contributed by atoms with Crippen LogP contribution < -0.4 is 49.5 Å². The number of aliphatic carboxylic acids is 1. The molecule has 0 fully saturated rings. The summed E-state index contributed by atoms with van der Waals surface area (Å²) >= 11 is 0. The van der Waals surface area contributed by atoms with Crippen molar-refractivity contribution in [3.8, 4) is 17.3 Å². The maximum absolute atomic E-state index is 13.6. The van der Waals surface area contributed by atoms with Crippen LogP contribution in [0.15, 0.2) is 48.5 Å². The number of amides is 1. The van der Waals surface area contributed by atoms with E-state index in [2.05, 4.69) is 10.4 Å². The number of nitrogens with zero attached hydrogens (tertiary/aromatic N) is 2. The second kappa shape index (κ2) is 15.7. The molecule has 0 aliphatic rings. The molecule has 3 rings (SSSR count). The van der Waals surface area contributed by atoms with Gasteiger partial charge < -0.3 is 34.9 Å². The summed E-state index contributed by atoms with van der Waals surface area (Å²) in [7, 11) is 1.54. The van der Waals surface area contributed by atoms with Crippen LogP contribution in [0, 0.1) is 5.82 Å². The molecule has 40 heavy (non-hydrogen) atoms. The first-order valence-corrected chi connectivity index (χ1v) is 12.6. The summed E-state index contributed by atoms with van der Waals surface area (Å²) in [6, 6.07) is 12.7. The summed E-state index contributed by atoms with van der Waals surface area (Å²) in [6.45, 7) is 3.70. The minimum absolute atomic E-state index is 0. The Morgan fingerprint density at radius 2 is 1.80 bits per heavy atom. The second-order valence-electron chi connectivity index (χ2n) is 9.19. The zero-order chi connectivity index (χ0) is 28.5. The van der Waals surface area contributed by atoms with E-state index in [1.165, 1.54) is 28.9 Å². The van der Waals surface area contributed by atoms with E-state index >= 15 is 0 Å². The summed E-state index contributed by atoms with van der Waals surface area (Å²) in [6.07, 6.45) is -2.79. The van der Waals surface area contributed by atoms with Gasteiger partial charge in [-0.25, -0.2) is 9.07 Å². The summed E-state index contributed by atoms with van der Waals surface area (Å²) in [5.41, 5.74) is 1.78. The number of para-hydroxylation sites is 1. The average molecular weight is 566 g/mol. The van der Waals surface area contributed by atoms with Gasteiger partial charge in [0.25, 0.3) is 5.91 Å². The van der Waals surface area contributed by atoms with E-state index in [0.717, 1.165) is 5.56 Å². The van der Waals surface area contributed by atoms with E-state index in [0.29, 0.717) is 23.4 Å². The maximum atomic E-state index is 13.6. The normalized spacial score (nSPS) is 13.1. The van der Waals surface area contributed by atoms with Crippen molar-refractivity contribution in [1.29, 1.82) is 0 Å². The van der Waals surface area contributed by atoms with Crippen LogP contribution in [0.1, 0.15) is 60.6 Å². The maximum Gasteiger partial charge on any atom is 1.00 e. The molecule has 0 bridgehead atoms. The van der Waals surface area contributed by atoms with Gasteiger partial charge in [-0.2, -0.15) is 5.10 Å². The predicted molar refractivity (Wildman–Crippen MR) is 138 cm³/mol. The number of carboxylic acids is 1. The molecule has 1 aromatic heterocycles. The summed E-state index contributed by atoms with van der Waals surface area (Å²) in [5, 5.41) is 38.3. The van der Waals surface area contributed by atoms with Crippen LogP contribution in [-0.2, 0) is 11.3 Å². The summed E-state index contributed by atoms with van der Waals surface area (Å²) in [5.74, 6) is -1.76. The fraction of sp³-hybridized carbons (Fsp3) is 0.393. The first kappa shape index (κ1) is 33.2. The number of nitrogens with one attached hydrogen (secondary N) is 1. The number of carbonyl (C=O) groups is 2. The number of ether oxygens (including phenoxy) is 2. The van der Waals surface area contributed by atoms with Crippen molar-refractivity contribution in [1.82, 2.24) is 15.1 Å². The Hall–Kier alpha value is -2.96. The molecule has 0 saturated carbocycles. The van der Waals surface area contributed by atoms with Crippen molar-refractivity contribution in [2.45, 2.75) is 57.8 Å². The van der Waals surface area contributed by atoms with E-state index in [9.17, 15) is 29.3 Å². The van der Waals surface area contributed by atoms with Crippen LogP contribution in [0.2, 0.25) is 0 Å². The molecule has 1 amide bonds. The van der Waals surface area contributed by atoms with Gasteiger partial charge in [0.1, 0.15) is 18.2 Å². The number of benzene rings is 2. The SMILES string of the molecule is CCC(C)c1c(C(=O)NCc2ccccc2OC)nn(-c2ccc(F)cc2)c1OCC(O)CC(O)CC(=O)[O-].[Na+]. The van der Waals surface area contributed by atoms with Crippen molar-refractivity contribution in [3.05, 3.63) is 71.2 Å². The van der Waals surface area contributed by atoms with Crippen molar-refractivity contribution in [2.75, 3.05) is 13.7 Å². The quantitative estimate of drug-likeness (QED) is 0.213. The van der Waals surface area contributed by atoms with Crippen LogP contribution in [0.25, 0.3) is 5.69 Å². The van der Waals surface area contributed by atoms with Gasteiger partial charge in [0, 0.05) is 30.9 Å². The number of aromatic nitrogens is 2. The number of methoxy groups -OCH3 is 1. The molecule has 210 valence electrons. The topological polar surface area (TPSA) is 146 Å². The Kier molecular flexibility index (Phi) is 13.1. The number of hydrogen-bond donors (Lipinski definition) is 3. The molecule has 0 saturated heterocycles. The number of aliphatic hydroxyl groups is 2. The Bertz CT molecular complexity index is 1270. The third-order valence-corrected chi connectivity index (χ3v) is 6.26. The second-order valence-corrected chi connectivity index (χ2v) is 9.19. The standard InChI is InChI=1S/C28H34FN3O7.Na/c1-4-17(2)25-26(27(37)30-15-18-7-5-6-8-23(18)38-3)31-32(20-11-9-19(29)10-12-20)28(25)39-16-22(34)13-21(33)14-24(35)36;/h5-12,17,21-22,33-34H,4,13-16H2,1-3H3,(H,30,37)(H,35,36);/q;+1/p-1. The molecule has 2 aromatic carbocycles. The Morgan fingerprint density at radius 1 is 1.12 bits per heavy atom. The minimum atomic E-state index is -1.44. The average Bonchev–Trinajstić information content (AvgIpc) is 3.29. The fourth-order valence-corrected chi connectivity index (χ4v) is 4.07. The monoisotopic (exact) mass is 565 g/mol. The van der Waals surface area contributed by atoms with Crippen molar-refractivity contribution in [3.63, 3.8) is 0 Å². The van der Waals surface area contributed by atoms with Crippen LogP contribution in [-0.4, -0.2) is 57.8 Å². The van der Waals surface area contributed by atoms with Gasteiger partial charge in [-0.05, 0) is 42.7 Å². The molecule has 3 unspecified atom stereocenters. The van der Waals surface area contributed by atoms with Gasteiger partial charge in [0.15, 0.2) is 5.69 Å². The van der Waals surface area contributed by atoms with Crippen LogP contribution in [0.5, 0.6) is 11.6 Å². The molecule has 3 N–H and O–H groups in total. The number of carboxylic acid groups (broad SMARTS) is 1. The molecule has 3 atom stereocenters. The summed E-state index contributed by atoms with van der Waals surface area (Å²) in [4.78, 5) is 24.1. The third-order valence-electron chi connectivity index (χ3n) is 6.26. The van der Waals surface area contributed by atoms with E-state index in [4.69, 9.17) is 9.47 Å². The number of carbonyl (C=O) groups excluding carboxylic acids is 2. The first-order valence-electron chi connectivity index (χ1n) is 12.6.